The van der Waals surface area contributed by atoms with Crippen molar-refractivity contribution in [3.63, 3.8) is 0 Å². The van der Waals surface area contributed by atoms with Gasteiger partial charge in [-0.15, -0.1) is 0 Å². The van der Waals surface area contributed by atoms with Gasteiger partial charge in [-0.1, -0.05) is 60.5 Å². The third kappa shape index (κ3) is 4.52. The predicted octanol–water partition coefficient (Wildman–Crippen LogP) is 4.49. The van der Waals surface area contributed by atoms with Gasteiger partial charge in [0.15, 0.2) is 10.6 Å². The van der Waals surface area contributed by atoms with Gasteiger partial charge >= 0.3 is 0 Å². The zero-order chi connectivity index (χ0) is 19.4. The topological polar surface area (TPSA) is 62.7 Å². The van der Waals surface area contributed by atoms with E-state index in [1.807, 2.05) is 31.2 Å². The zero-order valence-electron chi connectivity index (χ0n) is 15.8. The number of aromatic amines is 1. The molecule has 0 bridgehead atoms. The van der Waals surface area contributed by atoms with E-state index in [2.05, 4.69) is 53.6 Å². The number of aromatic nitrogens is 3. The lowest BCUT2D eigenvalue weighted by Crippen LogP contribution is -2.31. The van der Waals surface area contributed by atoms with Crippen molar-refractivity contribution in [2.45, 2.75) is 39.8 Å². The number of aryl methyl sites for hydroxylation is 2. The van der Waals surface area contributed by atoms with Gasteiger partial charge in [0.05, 0.1) is 6.04 Å². The van der Waals surface area contributed by atoms with Crippen LogP contribution in [0.25, 0.3) is 11.4 Å². The second-order valence-corrected chi connectivity index (χ2v) is 7.13. The molecule has 1 heterocycles. The van der Waals surface area contributed by atoms with Gasteiger partial charge in [-0.05, 0) is 44.1 Å². The fourth-order valence-electron chi connectivity index (χ4n) is 3.07. The Balaban J connectivity index is 1.79. The molecule has 3 aromatic rings. The largest absolute Gasteiger partial charge is 0.348 e. The second-order valence-electron chi connectivity index (χ2n) is 6.75. The number of carbonyl (C=O) groups is 1. The number of H-pyrrole nitrogens is 1. The average molecular weight is 381 g/mol. The number of hydrogen-bond acceptors (Lipinski definition) is 3. The van der Waals surface area contributed by atoms with E-state index in [0.717, 1.165) is 23.1 Å². The molecule has 0 aliphatic carbocycles. The number of amides is 1. The summed E-state index contributed by atoms with van der Waals surface area (Å²) in [7, 11) is 0. The molecule has 0 fully saturated rings. The molecular weight excluding hydrogens is 356 g/mol. The molecule has 0 aliphatic rings. The monoisotopic (exact) mass is 380 g/mol. The minimum absolute atomic E-state index is 0.0263. The van der Waals surface area contributed by atoms with Crippen LogP contribution in [0.5, 0.6) is 0 Å². The summed E-state index contributed by atoms with van der Waals surface area (Å²) in [4.78, 5) is 12.7. The fourth-order valence-corrected chi connectivity index (χ4v) is 3.27. The number of hydrogen-bond donors (Lipinski definition) is 2. The molecular formula is C21H24N4OS. The summed E-state index contributed by atoms with van der Waals surface area (Å²) in [5.41, 5.74) is 4.36. The lowest BCUT2D eigenvalue weighted by atomic mass is 10.0. The number of nitrogens with one attached hydrogen (secondary N) is 2. The Kier molecular flexibility index (Phi) is 5.86. The zero-order valence-corrected chi connectivity index (χ0v) is 16.6. The SMILES string of the molecule is CCC(NC(=O)Cn1c(-c2cccc(C)c2)n[nH]c1=S)c1ccc(C)cc1. The Morgan fingerprint density at radius 1 is 1.19 bits per heavy atom. The van der Waals surface area contributed by atoms with Crippen molar-refractivity contribution in [1.29, 1.82) is 0 Å². The minimum atomic E-state index is -0.0890. The smallest absolute Gasteiger partial charge is 0.240 e. The van der Waals surface area contributed by atoms with Crippen LogP contribution in [0, 0.1) is 18.6 Å². The summed E-state index contributed by atoms with van der Waals surface area (Å²) in [6.45, 7) is 6.26. The van der Waals surface area contributed by atoms with E-state index in [1.54, 1.807) is 4.57 Å². The highest BCUT2D eigenvalue weighted by Crippen LogP contribution is 2.20. The molecule has 3 rings (SSSR count). The van der Waals surface area contributed by atoms with Gasteiger partial charge < -0.3 is 5.32 Å². The quantitative estimate of drug-likeness (QED) is 0.619. The van der Waals surface area contributed by atoms with E-state index < -0.39 is 0 Å². The standard InChI is InChI=1S/C21H24N4OS/c1-4-18(16-10-8-14(2)9-11-16)22-19(26)13-25-20(23-24-21(25)27)17-7-5-6-15(3)12-17/h5-12,18H,4,13H2,1-3H3,(H,22,26)(H,24,27). The summed E-state index contributed by atoms with van der Waals surface area (Å²) >= 11 is 5.34. The van der Waals surface area contributed by atoms with Gasteiger partial charge in [-0.25, -0.2) is 0 Å². The normalized spacial score (nSPS) is 12.0. The van der Waals surface area contributed by atoms with Gasteiger partial charge in [-0.3, -0.25) is 14.5 Å². The Morgan fingerprint density at radius 3 is 2.59 bits per heavy atom. The van der Waals surface area contributed by atoms with Crippen molar-refractivity contribution < 1.29 is 4.79 Å². The van der Waals surface area contributed by atoms with Crippen LogP contribution in [0.4, 0.5) is 0 Å². The first-order valence-electron chi connectivity index (χ1n) is 9.06. The number of carbonyl (C=O) groups excluding carboxylic acids is 1. The molecule has 1 aromatic heterocycles. The summed E-state index contributed by atoms with van der Waals surface area (Å²) < 4.78 is 2.17. The Bertz CT molecular complexity index is 988. The van der Waals surface area contributed by atoms with E-state index >= 15 is 0 Å². The number of nitrogens with zero attached hydrogens (tertiary/aromatic N) is 2. The van der Waals surface area contributed by atoms with Crippen LogP contribution in [0.1, 0.15) is 36.1 Å². The predicted molar refractivity (Wildman–Crippen MR) is 110 cm³/mol. The molecule has 2 aromatic carbocycles. The highest BCUT2D eigenvalue weighted by atomic mass is 32.1. The van der Waals surface area contributed by atoms with Gasteiger partial charge in [0.1, 0.15) is 6.54 Å². The first kappa shape index (κ1) is 19.0. The molecule has 0 radical (unpaired) electrons. The Morgan fingerprint density at radius 2 is 1.93 bits per heavy atom. The van der Waals surface area contributed by atoms with Crippen molar-refractivity contribution in [3.05, 3.63) is 70.0 Å². The molecule has 1 unspecified atom stereocenters. The first-order chi connectivity index (χ1) is 13.0. The van der Waals surface area contributed by atoms with Crippen LogP contribution < -0.4 is 5.32 Å². The third-order valence-electron chi connectivity index (χ3n) is 4.56. The summed E-state index contributed by atoms with van der Waals surface area (Å²) in [5, 5.41) is 10.2. The van der Waals surface area contributed by atoms with Crippen molar-refractivity contribution in [2.24, 2.45) is 0 Å². The van der Waals surface area contributed by atoms with E-state index in [-0.39, 0.29) is 18.5 Å². The molecule has 5 nitrogen and oxygen atoms in total. The van der Waals surface area contributed by atoms with Crippen molar-refractivity contribution >= 4 is 18.1 Å². The summed E-state index contributed by atoms with van der Waals surface area (Å²) in [6.07, 6.45) is 0.816. The van der Waals surface area contributed by atoms with E-state index in [1.165, 1.54) is 5.56 Å². The van der Waals surface area contributed by atoms with Crippen LogP contribution in [0.2, 0.25) is 0 Å². The van der Waals surface area contributed by atoms with Gasteiger partial charge in [0.2, 0.25) is 5.91 Å². The van der Waals surface area contributed by atoms with Crippen LogP contribution >= 0.6 is 12.2 Å². The molecule has 6 heteroatoms. The highest BCUT2D eigenvalue weighted by Gasteiger charge is 2.16. The maximum atomic E-state index is 12.7. The summed E-state index contributed by atoms with van der Waals surface area (Å²) in [5.74, 6) is 0.580. The van der Waals surface area contributed by atoms with E-state index in [9.17, 15) is 4.79 Å². The van der Waals surface area contributed by atoms with Crippen molar-refractivity contribution in [1.82, 2.24) is 20.1 Å². The number of rotatable bonds is 6. The molecule has 0 aliphatic heterocycles. The van der Waals surface area contributed by atoms with E-state index in [4.69, 9.17) is 12.2 Å². The minimum Gasteiger partial charge on any atom is -0.348 e. The number of benzene rings is 2. The van der Waals surface area contributed by atoms with Crippen molar-refractivity contribution in [3.8, 4) is 11.4 Å². The molecule has 0 spiro atoms. The van der Waals surface area contributed by atoms with Crippen LogP contribution in [-0.2, 0) is 11.3 Å². The van der Waals surface area contributed by atoms with Crippen molar-refractivity contribution in [2.75, 3.05) is 0 Å². The fraction of sp³-hybridized carbons (Fsp3) is 0.286. The third-order valence-corrected chi connectivity index (χ3v) is 4.87. The van der Waals surface area contributed by atoms with Crippen LogP contribution in [-0.4, -0.2) is 20.7 Å². The molecule has 2 N–H and O–H groups in total. The average Bonchev–Trinajstić information content (AvgIpc) is 3.01. The highest BCUT2D eigenvalue weighted by molar-refractivity contribution is 7.71. The van der Waals surface area contributed by atoms with E-state index in [0.29, 0.717) is 10.6 Å². The second kappa shape index (κ2) is 8.31. The molecule has 27 heavy (non-hydrogen) atoms. The van der Waals surface area contributed by atoms with Crippen LogP contribution in [0.15, 0.2) is 48.5 Å². The Hall–Kier alpha value is -2.73. The molecule has 0 saturated carbocycles. The molecule has 1 atom stereocenters. The molecule has 140 valence electrons. The van der Waals surface area contributed by atoms with Crippen LogP contribution in [0.3, 0.4) is 0 Å². The maximum Gasteiger partial charge on any atom is 0.240 e. The lowest BCUT2D eigenvalue weighted by molar-refractivity contribution is -0.122. The first-order valence-corrected chi connectivity index (χ1v) is 9.47. The van der Waals surface area contributed by atoms with Gasteiger partial charge in [0, 0.05) is 5.56 Å². The maximum absolute atomic E-state index is 12.7. The van der Waals surface area contributed by atoms with Gasteiger partial charge in [0.25, 0.3) is 0 Å². The van der Waals surface area contributed by atoms with Gasteiger partial charge in [-0.2, -0.15) is 5.10 Å². The lowest BCUT2D eigenvalue weighted by Gasteiger charge is -2.18. The Labute approximate surface area is 164 Å². The molecule has 0 saturated heterocycles. The summed E-state index contributed by atoms with van der Waals surface area (Å²) in [6, 6.07) is 16.2. The molecule has 1 amide bonds.